The lowest BCUT2D eigenvalue weighted by Gasteiger charge is -2.14. The first-order valence-electron chi connectivity index (χ1n) is 5.80. The van der Waals surface area contributed by atoms with E-state index in [1.54, 1.807) is 18.3 Å². The summed E-state index contributed by atoms with van der Waals surface area (Å²) in [6.07, 6.45) is 1.66. The number of thiocarbonyl (C=S) groups is 1. The van der Waals surface area contributed by atoms with Gasteiger partial charge in [0.2, 0.25) is 0 Å². The van der Waals surface area contributed by atoms with Gasteiger partial charge in [0.25, 0.3) is 5.91 Å². The summed E-state index contributed by atoms with van der Waals surface area (Å²) >= 11 is 5.01. The number of nitrogens with two attached hydrogens (primary N) is 1. The highest BCUT2D eigenvalue weighted by atomic mass is 32.1. The number of aromatic nitrogens is 2. The zero-order valence-corrected chi connectivity index (χ0v) is 11.1. The van der Waals surface area contributed by atoms with Gasteiger partial charge in [-0.2, -0.15) is 0 Å². The van der Waals surface area contributed by atoms with E-state index in [4.69, 9.17) is 18.0 Å². The van der Waals surface area contributed by atoms with Crippen LogP contribution in [0.5, 0.6) is 0 Å². The molecule has 1 aliphatic heterocycles. The molecule has 0 saturated heterocycles. The van der Waals surface area contributed by atoms with E-state index in [2.05, 4.69) is 4.98 Å². The molecule has 5 nitrogen and oxygen atoms in total. The fourth-order valence-corrected chi connectivity index (χ4v) is 2.48. The van der Waals surface area contributed by atoms with E-state index < -0.39 is 0 Å². The lowest BCUT2D eigenvalue weighted by atomic mass is 10.1. The van der Waals surface area contributed by atoms with E-state index in [0.29, 0.717) is 17.8 Å². The molecule has 0 unspecified atom stereocenters. The molecule has 1 aliphatic rings. The van der Waals surface area contributed by atoms with E-state index in [-0.39, 0.29) is 10.9 Å². The largest absolute Gasteiger partial charge is 0.388 e. The van der Waals surface area contributed by atoms with Crippen LogP contribution in [-0.4, -0.2) is 32.4 Å². The molecule has 0 atom stereocenters. The third-order valence-corrected chi connectivity index (χ3v) is 3.42. The summed E-state index contributed by atoms with van der Waals surface area (Å²) in [5.74, 6) is -0.0202. The summed E-state index contributed by atoms with van der Waals surface area (Å²) in [5, 5.41) is 0. The average Bonchev–Trinajstić information content (AvgIpc) is 2.77. The lowest BCUT2D eigenvalue weighted by Crippen LogP contribution is -2.26. The Balaban J connectivity index is 2.31. The number of rotatable bonds is 1. The van der Waals surface area contributed by atoms with Crippen molar-refractivity contribution in [1.29, 1.82) is 0 Å². The van der Waals surface area contributed by atoms with Crippen molar-refractivity contribution in [3.8, 4) is 5.69 Å². The monoisotopic (exact) mass is 272 g/mol. The second-order valence-corrected chi connectivity index (χ2v) is 4.89. The molecule has 2 aromatic rings. The first-order valence-corrected chi connectivity index (χ1v) is 6.21. The lowest BCUT2D eigenvalue weighted by molar-refractivity contribution is 0.0788. The van der Waals surface area contributed by atoms with Crippen LogP contribution in [0.2, 0.25) is 0 Å². The van der Waals surface area contributed by atoms with E-state index in [1.807, 2.05) is 28.8 Å². The Labute approximate surface area is 115 Å². The molecule has 3 rings (SSSR count). The number of carbonyl (C=O) groups is 1. The van der Waals surface area contributed by atoms with Crippen molar-refractivity contribution in [1.82, 2.24) is 14.5 Å². The number of fused-ring (bicyclic) bond motifs is 3. The highest BCUT2D eigenvalue weighted by Crippen LogP contribution is 2.25. The van der Waals surface area contributed by atoms with Crippen LogP contribution in [0.25, 0.3) is 5.69 Å². The molecule has 1 amide bonds. The molecule has 0 bridgehead atoms. The minimum Gasteiger partial charge on any atom is -0.388 e. The van der Waals surface area contributed by atoms with Crippen molar-refractivity contribution in [2.24, 2.45) is 5.73 Å². The zero-order chi connectivity index (χ0) is 13.6. The molecule has 19 heavy (non-hydrogen) atoms. The number of carbonyl (C=O) groups excluding carboxylic acids is 1. The maximum Gasteiger partial charge on any atom is 0.256 e. The molecule has 96 valence electrons. The second kappa shape index (κ2) is 4.17. The third kappa shape index (κ3) is 1.72. The summed E-state index contributed by atoms with van der Waals surface area (Å²) in [7, 11) is 1.76. The van der Waals surface area contributed by atoms with Gasteiger partial charge in [0, 0.05) is 7.05 Å². The van der Waals surface area contributed by atoms with Gasteiger partial charge in [-0.25, -0.2) is 4.98 Å². The van der Waals surface area contributed by atoms with Crippen LogP contribution in [0.3, 0.4) is 0 Å². The van der Waals surface area contributed by atoms with E-state index in [1.165, 1.54) is 0 Å². The molecule has 1 aromatic heterocycles. The van der Waals surface area contributed by atoms with Crippen LogP contribution in [0, 0.1) is 0 Å². The van der Waals surface area contributed by atoms with Crippen molar-refractivity contribution in [3.63, 3.8) is 0 Å². The Morgan fingerprint density at radius 3 is 2.89 bits per heavy atom. The zero-order valence-electron chi connectivity index (χ0n) is 10.3. The van der Waals surface area contributed by atoms with Crippen LogP contribution < -0.4 is 5.73 Å². The summed E-state index contributed by atoms with van der Waals surface area (Å²) in [6, 6.07) is 7.44. The van der Waals surface area contributed by atoms with E-state index in [0.717, 1.165) is 11.4 Å². The molecule has 0 spiro atoms. The number of hydrogen-bond acceptors (Lipinski definition) is 3. The summed E-state index contributed by atoms with van der Waals surface area (Å²) in [5.41, 5.74) is 8.56. The van der Waals surface area contributed by atoms with Crippen LogP contribution in [-0.2, 0) is 6.54 Å². The molecule has 2 heterocycles. The van der Waals surface area contributed by atoms with Crippen LogP contribution >= 0.6 is 12.2 Å². The van der Waals surface area contributed by atoms with Gasteiger partial charge in [-0.15, -0.1) is 0 Å². The summed E-state index contributed by atoms with van der Waals surface area (Å²) in [4.78, 5) is 18.5. The van der Waals surface area contributed by atoms with Gasteiger partial charge in [0.15, 0.2) is 0 Å². The normalized spacial score (nSPS) is 13.7. The summed E-state index contributed by atoms with van der Waals surface area (Å²) < 4.78 is 1.88. The minimum absolute atomic E-state index is 0.0202. The fraction of sp³-hybridized carbons (Fsp3) is 0.154. The Bertz CT molecular complexity index is 692. The fourth-order valence-electron chi connectivity index (χ4n) is 2.30. The van der Waals surface area contributed by atoms with Gasteiger partial charge in [-0.05, 0) is 12.1 Å². The predicted molar refractivity (Wildman–Crippen MR) is 75.2 cm³/mol. The van der Waals surface area contributed by atoms with Crippen molar-refractivity contribution < 1.29 is 4.79 Å². The molecule has 0 radical (unpaired) electrons. The first-order chi connectivity index (χ1) is 9.09. The van der Waals surface area contributed by atoms with E-state index in [9.17, 15) is 4.79 Å². The standard InChI is InChI=1S/C13H12N4OS/c1-16-6-10-11(12(14)19)15-7-17(10)9-5-3-2-4-8(9)13(16)18/h2-5,7H,6H2,1H3,(H2,14,19). The molecular formula is C13H12N4OS. The predicted octanol–water partition coefficient (Wildman–Crippen LogP) is 1.09. The van der Waals surface area contributed by atoms with Crippen molar-refractivity contribution >= 4 is 23.1 Å². The second-order valence-electron chi connectivity index (χ2n) is 4.45. The number of nitrogens with zero attached hydrogens (tertiary/aromatic N) is 3. The van der Waals surface area contributed by atoms with Crippen molar-refractivity contribution in [2.45, 2.75) is 6.54 Å². The Hall–Kier alpha value is -2.21. The van der Waals surface area contributed by atoms with Gasteiger partial charge in [-0.1, -0.05) is 24.4 Å². The quantitative estimate of drug-likeness (QED) is 0.789. The van der Waals surface area contributed by atoms with Crippen molar-refractivity contribution in [2.75, 3.05) is 7.05 Å². The van der Waals surface area contributed by atoms with Gasteiger partial charge in [-0.3, -0.25) is 9.36 Å². The van der Waals surface area contributed by atoms with Gasteiger partial charge in [0.1, 0.15) is 17.0 Å². The van der Waals surface area contributed by atoms with Crippen LogP contribution in [0.15, 0.2) is 30.6 Å². The van der Waals surface area contributed by atoms with Crippen LogP contribution in [0.4, 0.5) is 0 Å². The number of amides is 1. The smallest absolute Gasteiger partial charge is 0.256 e. The number of benzene rings is 1. The van der Waals surface area contributed by atoms with Gasteiger partial charge in [0.05, 0.1) is 23.5 Å². The Kier molecular flexibility index (Phi) is 2.60. The molecule has 0 aliphatic carbocycles. The molecular weight excluding hydrogens is 260 g/mol. The average molecular weight is 272 g/mol. The highest BCUT2D eigenvalue weighted by Gasteiger charge is 2.26. The first kappa shape index (κ1) is 11.9. The topological polar surface area (TPSA) is 64.2 Å². The molecule has 2 N–H and O–H groups in total. The number of imidazole rings is 1. The van der Waals surface area contributed by atoms with Crippen molar-refractivity contribution in [3.05, 3.63) is 47.5 Å². The minimum atomic E-state index is -0.0202. The van der Waals surface area contributed by atoms with Gasteiger partial charge < -0.3 is 10.6 Å². The Morgan fingerprint density at radius 1 is 1.42 bits per heavy atom. The Morgan fingerprint density at radius 2 is 2.16 bits per heavy atom. The molecule has 6 heteroatoms. The molecule has 0 fully saturated rings. The third-order valence-electron chi connectivity index (χ3n) is 3.23. The molecule has 1 aromatic carbocycles. The van der Waals surface area contributed by atoms with Crippen LogP contribution in [0.1, 0.15) is 21.7 Å². The number of hydrogen-bond donors (Lipinski definition) is 1. The van der Waals surface area contributed by atoms with Gasteiger partial charge >= 0.3 is 0 Å². The molecule has 0 saturated carbocycles. The summed E-state index contributed by atoms with van der Waals surface area (Å²) in [6.45, 7) is 0.431. The highest BCUT2D eigenvalue weighted by molar-refractivity contribution is 7.80. The number of para-hydroxylation sites is 1. The SMILES string of the molecule is CN1Cc2c(C(N)=S)ncn2-c2ccccc2C1=O. The maximum atomic E-state index is 12.3. The van der Waals surface area contributed by atoms with E-state index >= 15 is 0 Å². The maximum absolute atomic E-state index is 12.3.